The molecule has 0 radical (unpaired) electrons. The monoisotopic (exact) mass is 362 g/mol. The van der Waals surface area contributed by atoms with Gasteiger partial charge in [-0.15, -0.1) is 0 Å². The first-order valence-electron chi connectivity index (χ1n) is 7.52. The van der Waals surface area contributed by atoms with E-state index < -0.39 is 11.1 Å². The summed E-state index contributed by atoms with van der Waals surface area (Å²) in [5.74, 6) is 5.90. The minimum absolute atomic E-state index is 0.0962. The summed E-state index contributed by atoms with van der Waals surface area (Å²) in [6.45, 7) is 0. The Balaban J connectivity index is 1.73. The van der Waals surface area contributed by atoms with E-state index in [-0.39, 0.29) is 10.7 Å². The Morgan fingerprint density at radius 1 is 1.15 bits per heavy atom. The lowest BCUT2D eigenvalue weighted by atomic mass is 10.1. The van der Waals surface area contributed by atoms with Crippen LogP contribution in [-0.2, 0) is 4.79 Å². The molecule has 0 aliphatic carbocycles. The van der Waals surface area contributed by atoms with Crippen LogP contribution in [0.1, 0.15) is 16.9 Å². The first kappa shape index (κ1) is 16.0. The molecule has 0 bridgehead atoms. The normalized spacial score (nSPS) is 15.2. The van der Waals surface area contributed by atoms with E-state index in [9.17, 15) is 14.7 Å². The standard InChI is InChI=1S/C19H10N2O4S/c22-15-4-2-1-3-11(15)5-6-12-9-20-10-13-7-14(25-17(12)13)8-16-18(23)21-19(24)26-16/h1-4,7-10,22H,(H,21,23,24)/b16-8+. The second-order valence-electron chi connectivity index (χ2n) is 5.37. The van der Waals surface area contributed by atoms with Gasteiger partial charge >= 0.3 is 0 Å². The fourth-order valence-electron chi connectivity index (χ4n) is 2.41. The van der Waals surface area contributed by atoms with Gasteiger partial charge < -0.3 is 9.52 Å². The van der Waals surface area contributed by atoms with Gasteiger partial charge in [0.15, 0.2) is 5.58 Å². The van der Waals surface area contributed by atoms with Crippen molar-refractivity contribution in [3.63, 3.8) is 0 Å². The van der Waals surface area contributed by atoms with E-state index in [1.807, 2.05) is 0 Å². The van der Waals surface area contributed by atoms with Crippen molar-refractivity contribution in [2.24, 2.45) is 0 Å². The highest BCUT2D eigenvalue weighted by molar-refractivity contribution is 8.18. The van der Waals surface area contributed by atoms with Crippen molar-refractivity contribution < 1.29 is 19.1 Å². The average molecular weight is 362 g/mol. The van der Waals surface area contributed by atoms with Gasteiger partial charge in [-0.3, -0.25) is 19.9 Å². The van der Waals surface area contributed by atoms with E-state index in [1.165, 1.54) is 6.08 Å². The van der Waals surface area contributed by atoms with E-state index in [0.29, 0.717) is 22.5 Å². The van der Waals surface area contributed by atoms with E-state index in [4.69, 9.17) is 4.42 Å². The molecule has 7 heteroatoms. The third kappa shape index (κ3) is 3.06. The molecule has 0 unspecified atom stereocenters. The third-order valence-corrected chi connectivity index (χ3v) is 4.40. The number of para-hydroxylation sites is 1. The first-order chi connectivity index (χ1) is 12.6. The summed E-state index contributed by atoms with van der Waals surface area (Å²) in [5, 5.41) is 12.3. The largest absolute Gasteiger partial charge is 0.507 e. The third-order valence-electron chi connectivity index (χ3n) is 3.59. The number of hydrogen-bond donors (Lipinski definition) is 2. The Labute approximate surface area is 151 Å². The Morgan fingerprint density at radius 2 is 1.96 bits per heavy atom. The molecule has 6 nitrogen and oxygen atoms in total. The number of carbonyl (C=O) groups is 2. The number of hydrogen-bond acceptors (Lipinski definition) is 6. The molecule has 4 rings (SSSR count). The first-order valence-corrected chi connectivity index (χ1v) is 8.34. The van der Waals surface area contributed by atoms with Gasteiger partial charge in [0.05, 0.1) is 16.0 Å². The minimum atomic E-state index is -0.446. The maximum absolute atomic E-state index is 11.6. The van der Waals surface area contributed by atoms with Crippen molar-refractivity contribution in [2.75, 3.05) is 0 Å². The number of phenols is 1. The molecule has 1 aliphatic heterocycles. The highest BCUT2D eigenvalue weighted by Crippen LogP contribution is 2.29. The van der Waals surface area contributed by atoms with Crippen LogP contribution in [0.2, 0.25) is 0 Å². The van der Waals surface area contributed by atoms with Crippen molar-refractivity contribution in [3.05, 3.63) is 64.5 Å². The lowest BCUT2D eigenvalue weighted by Gasteiger charge is -1.95. The number of aromatic hydroxyl groups is 1. The molecule has 2 aromatic heterocycles. The Kier molecular flexibility index (Phi) is 3.95. The molecule has 3 heterocycles. The van der Waals surface area contributed by atoms with Gasteiger partial charge in [-0.25, -0.2) is 0 Å². The molecule has 0 spiro atoms. The molecule has 3 aromatic rings. The average Bonchev–Trinajstić information content (AvgIpc) is 3.17. The van der Waals surface area contributed by atoms with E-state index in [1.54, 1.807) is 42.7 Å². The number of phenolic OH excluding ortho intramolecular Hbond substituents is 1. The lowest BCUT2D eigenvalue weighted by molar-refractivity contribution is -0.115. The molecule has 0 saturated carbocycles. The number of rotatable bonds is 1. The van der Waals surface area contributed by atoms with Gasteiger partial charge in [0, 0.05) is 23.9 Å². The number of nitrogens with one attached hydrogen (secondary N) is 1. The SMILES string of the molecule is O=C1NC(=O)/C(=C\c2cc3cncc(C#Cc4ccccc4O)c3o2)S1. The number of pyridine rings is 1. The summed E-state index contributed by atoms with van der Waals surface area (Å²) in [7, 11) is 0. The molecule has 1 fully saturated rings. The summed E-state index contributed by atoms with van der Waals surface area (Å²) in [6.07, 6.45) is 4.69. The highest BCUT2D eigenvalue weighted by Gasteiger charge is 2.25. The van der Waals surface area contributed by atoms with Crippen LogP contribution in [0.15, 0.2) is 52.0 Å². The van der Waals surface area contributed by atoms with Crippen molar-refractivity contribution in [1.82, 2.24) is 10.3 Å². The molecular weight excluding hydrogens is 352 g/mol. The van der Waals surface area contributed by atoms with Gasteiger partial charge in [0.1, 0.15) is 11.5 Å². The Bertz CT molecular complexity index is 1150. The number of fused-ring (bicyclic) bond motifs is 1. The summed E-state index contributed by atoms with van der Waals surface area (Å²) >= 11 is 0.822. The number of thioether (sulfide) groups is 1. The quantitative estimate of drug-likeness (QED) is 0.510. The number of carbonyl (C=O) groups excluding carboxylic acids is 2. The zero-order valence-corrected chi connectivity index (χ0v) is 14.0. The van der Waals surface area contributed by atoms with Crippen LogP contribution < -0.4 is 5.32 Å². The number of imide groups is 1. The number of aromatic nitrogens is 1. The summed E-state index contributed by atoms with van der Waals surface area (Å²) in [5.41, 5.74) is 1.57. The second kappa shape index (κ2) is 6.43. The van der Waals surface area contributed by atoms with E-state index in [2.05, 4.69) is 22.1 Å². The molecule has 1 aliphatic rings. The predicted octanol–water partition coefficient (Wildman–Crippen LogP) is 3.26. The zero-order valence-electron chi connectivity index (χ0n) is 13.1. The van der Waals surface area contributed by atoms with Crippen LogP contribution in [0.4, 0.5) is 4.79 Å². The van der Waals surface area contributed by atoms with Crippen LogP contribution in [0, 0.1) is 11.8 Å². The van der Waals surface area contributed by atoms with Crippen LogP contribution in [-0.4, -0.2) is 21.2 Å². The van der Waals surface area contributed by atoms with Gasteiger partial charge in [0.25, 0.3) is 11.1 Å². The van der Waals surface area contributed by atoms with Gasteiger partial charge in [-0.1, -0.05) is 24.0 Å². The Hall–Kier alpha value is -3.50. The van der Waals surface area contributed by atoms with E-state index >= 15 is 0 Å². The molecular formula is C19H10N2O4S. The Morgan fingerprint density at radius 3 is 2.73 bits per heavy atom. The zero-order chi connectivity index (χ0) is 18.1. The smallest absolute Gasteiger partial charge is 0.290 e. The van der Waals surface area contributed by atoms with Gasteiger partial charge in [-0.05, 0) is 30.0 Å². The molecule has 1 aromatic carbocycles. The number of furan rings is 1. The summed E-state index contributed by atoms with van der Waals surface area (Å²) < 4.78 is 5.78. The van der Waals surface area contributed by atoms with Crippen LogP contribution in [0.5, 0.6) is 5.75 Å². The van der Waals surface area contributed by atoms with Crippen LogP contribution in [0.3, 0.4) is 0 Å². The van der Waals surface area contributed by atoms with Crippen molar-refractivity contribution >= 4 is 40.0 Å². The fraction of sp³-hybridized carbons (Fsp3) is 0. The fourth-order valence-corrected chi connectivity index (χ4v) is 3.07. The number of nitrogens with zero attached hydrogens (tertiary/aromatic N) is 1. The van der Waals surface area contributed by atoms with Crippen molar-refractivity contribution in [1.29, 1.82) is 0 Å². The van der Waals surface area contributed by atoms with Crippen molar-refractivity contribution in [3.8, 4) is 17.6 Å². The minimum Gasteiger partial charge on any atom is -0.507 e. The predicted molar refractivity (Wildman–Crippen MR) is 97.2 cm³/mol. The molecule has 26 heavy (non-hydrogen) atoms. The molecule has 2 amide bonds. The molecule has 2 N–H and O–H groups in total. The number of amides is 2. The maximum atomic E-state index is 11.6. The van der Waals surface area contributed by atoms with Gasteiger partial charge in [0.2, 0.25) is 0 Å². The van der Waals surface area contributed by atoms with Crippen LogP contribution >= 0.6 is 11.8 Å². The van der Waals surface area contributed by atoms with Crippen LogP contribution in [0.25, 0.3) is 17.0 Å². The summed E-state index contributed by atoms with van der Waals surface area (Å²) in [6, 6.07) is 8.49. The van der Waals surface area contributed by atoms with Gasteiger partial charge in [-0.2, -0.15) is 0 Å². The summed E-state index contributed by atoms with van der Waals surface area (Å²) in [4.78, 5) is 27.3. The molecule has 1 saturated heterocycles. The lowest BCUT2D eigenvalue weighted by Crippen LogP contribution is -2.17. The maximum Gasteiger partial charge on any atom is 0.290 e. The number of benzene rings is 1. The second-order valence-corrected chi connectivity index (χ2v) is 6.39. The highest BCUT2D eigenvalue weighted by atomic mass is 32.2. The van der Waals surface area contributed by atoms with E-state index in [0.717, 1.165) is 17.1 Å². The van der Waals surface area contributed by atoms with Crippen molar-refractivity contribution in [2.45, 2.75) is 0 Å². The topological polar surface area (TPSA) is 92.4 Å². The molecule has 0 atom stereocenters. The molecule has 126 valence electrons.